The summed E-state index contributed by atoms with van der Waals surface area (Å²) in [6, 6.07) is 5.91. The van der Waals surface area contributed by atoms with E-state index in [4.69, 9.17) is 4.74 Å². The maximum Gasteiger partial charge on any atom is 0.407 e. The van der Waals surface area contributed by atoms with Gasteiger partial charge >= 0.3 is 6.09 Å². The molecule has 39 heavy (non-hydrogen) atoms. The summed E-state index contributed by atoms with van der Waals surface area (Å²) < 4.78 is 35.6. The van der Waals surface area contributed by atoms with Gasteiger partial charge in [0.15, 0.2) is 23.0 Å². The number of hydrogen-bond acceptors (Lipinski definition) is 4. The van der Waals surface area contributed by atoms with Crippen molar-refractivity contribution < 1.29 is 28.2 Å². The number of fused-ring (bicyclic) bond motifs is 1. The van der Waals surface area contributed by atoms with Crippen molar-refractivity contribution >= 4 is 17.6 Å². The summed E-state index contributed by atoms with van der Waals surface area (Å²) in [5.74, 6) is -1.58. The molecule has 210 valence electrons. The fourth-order valence-corrected chi connectivity index (χ4v) is 5.12. The lowest BCUT2D eigenvalue weighted by molar-refractivity contribution is 0.0817. The minimum atomic E-state index is -1.20. The van der Waals surface area contributed by atoms with E-state index in [0.717, 1.165) is 29.9 Å². The second kappa shape index (κ2) is 11.6. The van der Waals surface area contributed by atoms with Crippen LogP contribution in [0.15, 0.2) is 36.5 Å². The number of hydrogen-bond donors (Lipinski definition) is 2. The van der Waals surface area contributed by atoms with E-state index in [2.05, 4.69) is 10.3 Å². The van der Waals surface area contributed by atoms with Gasteiger partial charge in [0.25, 0.3) is 5.91 Å². The number of halogens is 2. The number of carbonyl (C=O) groups is 2. The molecule has 2 amide bonds. The van der Waals surface area contributed by atoms with Gasteiger partial charge in [-0.1, -0.05) is 25.3 Å². The largest absolute Gasteiger partial charge is 0.489 e. The molecule has 3 aromatic rings. The van der Waals surface area contributed by atoms with Gasteiger partial charge in [0.05, 0.1) is 18.3 Å². The monoisotopic (exact) mass is 542 g/mol. The number of aryl methyl sites for hydroxylation is 1. The zero-order chi connectivity index (χ0) is 28.3. The summed E-state index contributed by atoms with van der Waals surface area (Å²) in [6.45, 7) is 7.26. The van der Waals surface area contributed by atoms with Crippen LogP contribution in [0.25, 0.3) is 5.65 Å². The average molecular weight is 543 g/mol. The molecule has 0 bridgehead atoms. The van der Waals surface area contributed by atoms with Crippen LogP contribution < -0.4 is 10.1 Å². The lowest BCUT2D eigenvalue weighted by Gasteiger charge is -2.36. The molecule has 0 aliphatic heterocycles. The standard InChI is InChI=1S/C29H36F2N4O4/c1-18-25(34-14-8-11-24(26(34)32-18)39-17-19-9-6-5-7-10-19)27(36)33-23(16-35(28(37)38)29(2,3)4)20-12-13-21(30)22(31)15-20/h8,11-15,19,23H,5-7,9-10,16-17H2,1-4H3,(H,33,36)(H,37,38). The van der Waals surface area contributed by atoms with Crippen molar-refractivity contribution in [1.29, 1.82) is 0 Å². The van der Waals surface area contributed by atoms with Crippen molar-refractivity contribution in [3.05, 3.63) is 65.1 Å². The Morgan fingerprint density at radius 3 is 2.54 bits per heavy atom. The number of nitrogens with one attached hydrogen (secondary N) is 1. The van der Waals surface area contributed by atoms with E-state index in [0.29, 0.717) is 29.6 Å². The van der Waals surface area contributed by atoms with Crippen LogP contribution >= 0.6 is 0 Å². The van der Waals surface area contributed by atoms with Crippen LogP contribution in [0.1, 0.15) is 80.7 Å². The van der Waals surface area contributed by atoms with Gasteiger partial charge in [0.2, 0.25) is 0 Å². The number of pyridine rings is 1. The average Bonchev–Trinajstić information content (AvgIpc) is 3.22. The van der Waals surface area contributed by atoms with Crippen LogP contribution in [-0.2, 0) is 0 Å². The maximum atomic E-state index is 14.2. The first-order valence-electron chi connectivity index (χ1n) is 13.3. The van der Waals surface area contributed by atoms with Gasteiger partial charge in [-0.25, -0.2) is 18.6 Å². The van der Waals surface area contributed by atoms with E-state index in [1.165, 1.54) is 25.3 Å². The predicted molar refractivity (Wildman–Crippen MR) is 143 cm³/mol. The highest BCUT2D eigenvalue weighted by molar-refractivity contribution is 5.95. The molecule has 1 aliphatic rings. The normalized spacial score (nSPS) is 15.2. The number of benzene rings is 1. The highest BCUT2D eigenvalue weighted by atomic mass is 19.2. The first-order valence-corrected chi connectivity index (χ1v) is 13.3. The molecule has 1 aromatic carbocycles. The molecule has 1 saturated carbocycles. The summed E-state index contributed by atoms with van der Waals surface area (Å²) in [7, 11) is 0. The second-order valence-corrected chi connectivity index (χ2v) is 11.2. The second-order valence-electron chi connectivity index (χ2n) is 11.2. The van der Waals surface area contributed by atoms with Crippen LogP contribution in [0.5, 0.6) is 5.75 Å². The number of nitrogens with zero attached hydrogens (tertiary/aromatic N) is 3. The Morgan fingerprint density at radius 1 is 1.18 bits per heavy atom. The molecule has 0 radical (unpaired) electrons. The number of imidazole rings is 1. The summed E-state index contributed by atoms with van der Waals surface area (Å²) in [5, 5.41) is 12.7. The topological polar surface area (TPSA) is 96.2 Å². The highest BCUT2D eigenvalue weighted by Crippen LogP contribution is 2.28. The quantitative estimate of drug-likeness (QED) is 0.357. The van der Waals surface area contributed by atoms with Gasteiger partial charge in [0.1, 0.15) is 5.69 Å². The lowest BCUT2D eigenvalue weighted by Crippen LogP contribution is -2.49. The Kier molecular flexibility index (Phi) is 8.42. The molecule has 1 unspecified atom stereocenters. The van der Waals surface area contributed by atoms with Crippen LogP contribution in [-0.4, -0.2) is 50.1 Å². The minimum absolute atomic E-state index is 0.179. The molecule has 4 rings (SSSR count). The van der Waals surface area contributed by atoms with Crippen LogP contribution in [0.4, 0.5) is 13.6 Å². The number of ether oxygens (including phenoxy) is 1. The summed E-state index contributed by atoms with van der Waals surface area (Å²) in [6.07, 6.45) is 6.46. The van der Waals surface area contributed by atoms with Gasteiger partial charge in [0, 0.05) is 18.3 Å². The zero-order valence-corrected chi connectivity index (χ0v) is 22.8. The number of rotatable bonds is 8. The lowest BCUT2D eigenvalue weighted by atomic mass is 9.90. The van der Waals surface area contributed by atoms with E-state index >= 15 is 0 Å². The number of amides is 2. The Bertz CT molecular complexity index is 1350. The molecule has 2 heterocycles. The third kappa shape index (κ3) is 6.49. The molecule has 1 fully saturated rings. The van der Waals surface area contributed by atoms with Gasteiger partial charge in [-0.2, -0.15) is 0 Å². The molecule has 1 atom stereocenters. The molecule has 2 aromatic heterocycles. The molecule has 0 saturated heterocycles. The Hall–Kier alpha value is -3.69. The molecular weight excluding hydrogens is 506 g/mol. The Labute approximate surface area is 227 Å². The Balaban J connectivity index is 1.64. The van der Waals surface area contributed by atoms with Crippen LogP contribution in [0, 0.1) is 24.5 Å². The first kappa shape index (κ1) is 28.3. The molecule has 0 spiro atoms. The SMILES string of the molecule is Cc1nc2c(OCC3CCCCC3)cccn2c1C(=O)NC(CN(C(=O)O)C(C)(C)C)c1ccc(F)c(F)c1. The zero-order valence-electron chi connectivity index (χ0n) is 22.8. The molecule has 2 N–H and O–H groups in total. The van der Waals surface area contributed by atoms with Crippen molar-refractivity contribution in [1.82, 2.24) is 19.6 Å². The fourth-order valence-electron chi connectivity index (χ4n) is 5.12. The molecule has 10 heteroatoms. The molecular formula is C29H36F2N4O4. The minimum Gasteiger partial charge on any atom is -0.489 e. The first-order chi connectivity index (χ1) is 18.5. The number of carbonyl (C=O) groups excluding carboxylic acids is 1. The van der Waals surface area contributed by atoms with Crippen molar-refractivity contribution in [2.45, 2.75) is 71.4 Å². The summed E-state index contributed by atoms with van der Waals surface area (Å²) in [5.41, 5.74) is 0.634. The number of aromatic nitrogens is 2. The van der Waals surface area contributed by atoms with E-state index in [-0.39, 0.29) is 17.8 Å². The maximum absolute atomic E-state index is 14.2. The van der Waals surface area contributed by atoms with Crippen LogP contribution in [0.3, 0.4) is 0 Å². The van der Waals surface area contributed by atoms with Gasteiger partial charge < -0.3 is 20.1 Å². The van der Waals surface area contributed by atoms with E-state index in [1.54, 1.807) is 44.4 Å². The number of carboxylic acid groups (broad SMARTS) is 1. The van der Waals surface area contributed by atoms with Gasteiger partial charge in [-0.3, -0.25) is 9.20 Å². The van der Waals surface area contributed by atoms with E-state index in [1.807, 2.05) is 6.07 Å². The molecule has 8 nitrogen and oxygen atoms in total. The van der Waals surface area contributed by atoms with E-state index < -0.39 is 35.2 Å². The molecule has 1 aliphatic carbocycles. The van der Waals surface area contributed by atoms with Crippen molar-refractivity contribution in [2.24, 2.45) is 5.92 Å². The summed E-state index contributed by atoms with van der Waals surface area (Å²) in [4.78, 5) is 31.4. The van der Waals surface area contributed by atoms with E-state index in [9.17, 15) is 23.5 Å². The fraction of sp³-hybridized carbons (Fsp3) is 0.483. The predicted octanol–water partition coefficient (Wildman–Crippen LogP) is 6.13. The smallest absolute Gasteiger partial charge is 0.407 e. The summed E-state index contributed by atoms with van der Waals surface area (Å²) >= 11 is 0. The third-order valence-electron chi connectivity index (χ3n) is 7.26. The third-order valence-corrected chi connectivity index (χ3v) is 7.26. The van der Waals surface area contributed by atoms with Gasteiger partial charge in [-0.15, -0.1) is 0 Å². The van der Waals surface area contributed by atoms with Crippen molar-refractivity contribution in [3.8, 4) is 5.75 Å². The van der Waals surface area contributed by atoms with Crippen molar-refractivity contribution in [2.75, 3.05) is 13.2 Å². The Morgan fingerprint density at radius 2 is 1.90 bits per heavy atom. The van der Waals surface area contributed by atoms with Gasteiger partial charge in [-0.05, 0) is 76.3 Å². The van der Waals surface area contributed by atoms with Crippen molar-refractivity contribution in [3.63, 3.8) is 0 Å². The van der Waals surface area contributed by atoms with Crippen LogP contribution in [0.2, 0.25) is 0 Å². The highest BCUT2D eigenvalue weighted by Gasteiger charge is 2.31.